The molecule has 90 valence electrons. The van der Waals surface area contributed by atoms with Crippen LogP contribution in [-0.4, -0.2) is 16.9 Å². The number of hydrogen-bond acceptors (Lipinski definition) is 2. The topological polar surface area (TPSA) is 54.4 Å². The lowest BCUT2D eigenvalue weighted by Crippen LogP contribution is -2.20. The molecular weight excluding hydrogens is 216 g/mol. The van der Waals surface area contributed by atoms with Crippen LogP contribution in [0.25, 0.3) is 0 Å². The number of hydrogen-bond donors (Lipinski definition) is 1. The highest BCUT2D eigenvalue weighted by Gasteiger charge is 2.51. The lowest BCUT2D eigenvalue weighted by molar-refractivity contribution is -0.140. The minimum absolute atomic E-state index is 0.0630. The third-order valence-corrected chi connectivity index (χ3v) is 3.38. The number of rotatable bonds is 4. The SMILES string of the molecule is CC(C)C(=O)c1cccc(C2(C(=O)O)CC2)c1. The molecule has 0 bridgehead atoms. The van der Waals surface area contributed by atoms with E-state index in [9.17, 15) is 14.7 Å². The highest BCUT2D eigenvalue weighted by atomic mass is 16.4. The lowest BCUT2D eigenvalue weighted by Gasteiger charge is -2.12. The molecule has 1 saturated carbocycles. The Labute approximate surface area is 100 Å². The maximum absolute atomic E-state index is 11.9. The van der Waals surface area contributed by atoms with Gasteiger partial charge in [0.05, 0.1) is 5.41 Å². The molecule has 0 aromatic heterocycles. The van der Waals surface area contributed by atoms with E-state index in [0.717, 1.165) is 5.56 Å². The summed E-state index contributed by atoms with van der Waals surface area (Å²) in [5.41, 5.74) is 0.648. The van der Waals surface area contributed by atoms with Crippen LogP contribution < -0.4 is 0 Å². The van der Waals surface area contributed by atoms with Gasteiger partial charge in [-0.3, -0.25) is 9.59 Å². The molecule has 3 heteroatoms. The van der Waals surface area contributed by atoms with Crippen LogP contribution in [0.15, 0.2) is 24.3 Å². The van der Waals surface area contributed by atoms with E-state index >= 15 is 0 Å². The smallest absolute Gasteiger partial charge is 0.314 e. The van der Waals surface area contributed by atoms with E-state index in [1.54, 1.807) is 24.3 Å². The molecule has 1 aromatic carbocycles. The number of ketones is 1. The number of benzene rings is 1. The van der Waals surface area contributed by atoms with Crippen molar-refractivity contribution in [3.63, 3.8) is 0 Å². The zero-order valence-corrected chi connectivity index (χ0v) is 10.1. The average molecular weight is 232 g/mol. The maximum atomic E-state index is 11.9. The van der Waals surface area contributed by atoms with Crippen molar-refractivity contribution in [2.45, 2.75) is 32.1 Å². The van der Waals surface area contributed by atoms with Gasteiger partial charge in [-0.05, 0) is 24.5 Å². The number of carbonyl (C=O) groups excluding carboxylic acids is 1. The number of Topliss-reactive ketones (excluding diaryl/α,β-unsaturated/α-hetero) is 1. The van der Waals surface area contributed by atoms with Crippen molar-refractivity contribution in [3.8, 4) is 0 Å². The van der Waals surface area contributed by atoms with Gasteiger partial charge in [-0.15, -0.1) is 0 Å². The molecule has 1 aliphatic carbocycles. The molecule has 0 amide bonds. The second kappa shape index (κ2) is 3.99. The molecule has 0 atom stereocenters. The minimum atomic E-state index is -0.786. The number of carboxylic acids is 1. The van der Waals surface area contributed by atoms with Crippen molar-refractivity contribution in [1.29, 1.82) is 0 Å². The molecule has 0 saturated heterocycles. The molecular formula is C14H16O3. The first kappa shape index (κ1) is 11.8. The van der Waals surface area contributed by atoms with Crippen LogP contribution in [-0.2, 0) is 10.2 Å². The number of carbonyl (C=O) groups is 2. The van der Waals surface area contributed by atoms with Crippen LogP contribution in [0.3, 0.4) is 0 Å². The van der Waals surface area contributed by atoms with Gasteiger partial charge in [0, 0.05) is 11.5 Å². The summed E-state index contributed by atoms with van der Waals surface area (Å²) in [6.07, 6.45) is 1.34. The summed E-state index contributed by atoms with van der Waals surface area (Å²) < 4.78 is 0. The second-order valence-electron chi connectivity index (χ2n) is 4.99. The molecule has 0 spiro atoms. The van der Waals surface area contributed by atoms with Crippen LogP contribution in [0.2, 0.25) is 0 Å². The predicted molar refractivity (Wildman–Crippen MR) is 64.2 cm³/mol. The van der Waals surface area contributed by atoms with Crippen molar-refractivity contribution in [3.05, 3.63) is 35.4 Å². The number of aliphatic carboxylic acids is 1. The van der Waals surface area contributed by atoms with Crippen LogP contribution in [0.5, 0.6) is 0 Å². The van der Waals surface area contributed by atoms with E-state index in [1.807, 2.05) is 13.8 Å². The molecule has 0 unspecified atom stereocenters. The first-order chi connectivity index (χ1) is 7.97. The minimum Gasteiger partial charge on any atom is -0.481 e. The fourth-order valence-electron chi connectivity index (χ4n) is 2.05. The van der Waals surface area contributed by atoms with Crippen LogP contribution in [0, 0.1) is 5.92 Å². The fraction of sp³-hybridized carbons (Fsp3) is 0.429. The Morgan fingerprint density at radius 1 is 1.29 bits per heavy atom. The van der Waals surface area contributed by atoms with Crippen molar-refractivity contribution >= 4 is 11.8 Å². The van der Waals surface area contributed by atoms with Crippen molar-refractivity contribution < 1.29 is 14.7 Å². The third-order valence-electron chi connectivity index (χ3n) is 3.38. The van der Waals surface area contributed by atoms with Gasteiger partial charge in [-0.1, -0.05) is 32.0 Å². The average Bonchev–Trinajstić information content (AvgIpc) is 3.09. The summed E-state index contributed by atoms with van der Waals surface area (Å²) in [6, 6.07) is 7.07. The highest BCUT2D eigenvalue weighted by Crippen LogP contribution is 2.48. The van der Waals surface area contributed by atoms with Gasteiger partial charge >= 0.3 is 5.97 Å². The zero-order chi connectivity index (χ0) is 12.6. The predicted octanol–water partition coefficient (Wildman–Crippen LogP) is 2.64. The molecule has 17 heavy (non-hydrogen) atoms. The summed E-state index contributed by atoms with van der Waals surface area (Å²) in [5, 5.41) is 9.21. The zero-order valence-electron chi connectivity index (χ0n) is 10.1. The van der Waals surface area contributed by atoms with Crippen molar-refractivity contribution in [2.75, 3.05) is 0 Å². The van der Waals surface area contributed by atoms with Gasteiger partial charge in [0.25, 0.3) is 0 Å². The Bertz CT molecular complexity index is 470. The molecule has 3 nitrogen and oxygen atoms in total. The number of carboxylic acid groups (broad SMARTS) is 1. The second-order valence-corrected chi connectivity index (χ2v) is 4.99. The molecule has 1 N–H and O–H groups in total. The Morgan fingerprint density at radius 3 is 2.41 bits per heavy atom. The Balaban J connectivity index is 2.36. The fourth-order valence-corrected chi connectivity index (χ4v) is 2.05. The van der Waals surface area contributed by atoms with Gasteiger partial charge in [-0.2, -0.15) is 0 Å². The molecule has 1 aliphatic rings. The molecule has 1 aromatic rings. The van der Waals surface area contributed by atoms with Crippen LogP contribution >= 0.6 is 0 Å². The van der Waals surface area contributed by atoms with E-state index in [-0.39, 0.29) is 11.7 Å². The van der Waals surface area contributed by atoms with E-state index in [1.165, 1.54) is 0 Å². The normalized spacial score (nSPS) is 16.9. The Hall–Kier alpha value is -1.64. The molecule has 2 rings (SSSR count). The Morgan fingerprint density at radius 2 is 1.94 bits per heavy atom. The standard InChI is InChI=1S/C14H16O3/c1-9(2)12(15)10-4-3-5-11(8-10)14(6-7-14)13(16)17/h3-5,8-9H,6-7H2,1-2H3,(H,16,17). The molecule has 0 radical (unpaired) electrons. The van der Waals surface area contributed by atoms with Crippen LogP contribution in [0.4, 0.5) is 0 Å². The first-order valence-electron chi connectivity index (χ1n) is 5.85. The van der Waals surface area contributed by atoms with E-state index in [0.29, 0.717) is 18.4 Å². The third kappa shape index (κ3) is 1.97. The van der Waals surface area contributed by atoms with Gasteiger partial charge < -0.3 is 5.11 Å². The molecule has 1 fully saturated rings. The van der Waals surface area contributed by atoms with Crippen molar-refractivity contribution in [1.82, 2.24) is 0 Å². The summed E-state index contributed by atoms with van der Waals surface area (Å²) in [4.78, 5) is 23.1. The summed E-state index contributed by atoms with van der Waals surface area (Å²) in [5.74, 6) is -0.787. The summed E-state index contributed by atoms with van der Waals surface area (Å²) >= 11 is 0. The largest absolute Gasteiger partial charge is 0.481 e. The highest BCUT2D eigenvalue weighted by molar-refractivity contribution is 5.98. The quantitative estimate of drug-likeness (QED) is 0.812. The monoisotopic (exact) mass is 232 g/mol. The Kier molecular flexibility index (Phi) is 2.77. The lowest BCUT2D eigenvalue weighted by atomic mass is 9.92. The van der Waals surface area contributed by atoms with Gasteiger partial charge in [0.15, 0.2) is 5.78 Å². The molecule has 0 heterocycles. The van der Waals surface area contributed by atoms with Crippen molar-refractivity contribution in [2.24, 2.45) is 5.92 Å². The maximum Gasteiger partial charge on any atom is 0.314 e. The van der Waals surface area contributed by atoms with Gasteiger partial charge in [-0.25, -0.2) is 0 Å². The van der Waals surface area contributed by atoms with Crippen LogP contribution in [0.1, 0.15) is 42.6 Å². The summed E-state index contributed by atoms with van der Waals surface area (Å²) in [7, 11) is 0. The van der Waals surface area contributed by atoms with E-state index < -0.39 is 11.4 Å². The van der Waals surface area contributed by atoms with Gasteiger partial charge in [0.2, 0.25) is 0 Å². The summed E-state index contributed by atoms with van der Waals surface area (Å²) in [6.45, 7) is 3.69. The van der Waals surface area contributed by atoms with E-state index in [2.05, 4.69) is 0 Å². The van der Waals surface area contributed by atoms with E-state index in [4.69, 9.17) is 0 Å². The first-order valence-corrected chi connectivity index (χ1v) is 5.85. The molecule has 0 aliphatic heterocycles. The van der Waals surface area contributed by atoms with Gasteiger partial charge in [0.1, 0.15) is 0 Å².